The number of hydrogen-bond acceptors (Lipinski definition) is 3. The summed E-state index contributed by atoms with van der Waals surface area (Å²) in [5.41, 5.74) is 14.9. The van der Waals surface area contributed by atoms with Gasteiger partial charge >= 0.3 is 0 Å². The van der Waals surface area contributed by atoms with Crippen molar-refractivity contribution < 1.29 is 4.79 Å². The van der Waals surface area contributed by atoms with Crippen molar-refractivity contribution >= 4 is 23.3 Å². The van der Waals surface area contributed by atoms with Crippen molar-refractivity contribution in [2.24, 2.45) is 27.4 Å². The van der Waals surface area contributed by atoms with Gasteiger partial charge in [-0.1, -0.05) is 62.4 Å². The Hall–Kier alpha value is -3.15. The molecule has 1 heterocycles. The van der Waals surface area contributed by atoms with Crippen LogP contribution in [0.3, 0.4) is 0 Å². The number of amides is 1. The first-order valence-electron chi connectivity index (χ1n) is 10.5. The molecule has 1 aliphatic rings. The van der Waals surface area contributed by atoms with Crippen LogP contribution in [0.1, 0.15) is 37.8 Å². The molecule has 0 aliphatic carbocycles. The summed E-state index contributed by atoms with van der Waals surface area (Å²) >= 11 is 0. The lowest BCUT2D eigenvalue weighted by Crippen LogP contribution is -2.39. The highest BCUT2D eigenvalue weighted by Crippen LogP contribution is 2.29. The first-order valence-corrected chi connectivity index (χ1v) is 10.5. The number of para-hydroxylation sites is 1. The fourth-order valence-corrected chi connectivity index (χ4v) is 3.77. The molecule has 1 unspecified atom stereocenters. The van der Waals surface area contributed by atoms with Gasteiger partial charge in [-0.2, -0.15) is 0 Å². The number of benzene rings is 2. The number of fused-ring (bicyclic) bond motifs is 1. The Morgan fingerprint density at radius 1 is 1.07 bits per heavy atom. The van der Waals surface area contributed by atoms with Crippen LogP contribution in [0.25, 0.3) is 0 Å². The van der Waals surface area contributed by atoms with Crippen LogP contribution < -0.4 is 16.4 Å². The van der Waals surface area contributed by atoms with Crippen LogP contribution in [0, 0.1) is 5.92 Å². The first-order chi connectivity index (χ1) is 14.5. The standard InChI is InChI=1S/C24H31N5O/c1-17(2)22-19-12-6-7-13-21(19)29(15-9-8-14-27-24(25)26)23(30)20(28-22)16-18-10-4-3-5-11-18/h3-7,10-13,17,20H,8-9,14-16H2,1-2H3,(H4,25,26,27). The predicted octanol–water partition coefficient (Wildman–Crippen LogP) is 3.14. The average molecular weight is 406 g/mol. The summed E-state index contributed by atoms with van der Waals surface area (Å²) in [6.45, 7) is 5.43. The number of carbonyl (C=O) groups excluding carboxylic acids is 1. The molecule has 158 valence electrons. The van der Waals surface area contributed by atoms with E-state index in [2.05, 4.69) is 37.0 Å². The number of aliphatic imine (C=N–C) groups is 2. The lowest BCUT2D eigenvalue weighted by molar-refractivity contribution is -0.119. The molecule has 1 aliphatic heterocycles. The van der Waals surface area contributed by atoms with E-state index in [9.17, 15) is 4.79 Å². The van der Waals surface area contributed by atoms with Crippen molar-refractivity contribution in [1.29, 1.82) is 0 Å². The summed E-state index contributed by atoms with van der Waals surface area (Å²) in [5.74, 6) is 0.368. The average Bonchev–Trinajstić information content (AvgIpc) is 2.84. The lowest BCUT2D eigenvalue weighted by Gasteiger charge is -2.25. The first kappa shape index (κ1) is 21.6. The topological polar surface area (TPSA) is 97.1 Å². The third-order valence-corrected chi connectivity index (χ3v) is 5.22. The molecule has 1 atom stereocenters. The molecule has 4 N–H and O–H groups in total. The highest BCUT2D eigenvalue weighted by atomic mass is 16.2. The number of rotatable bonds is 8. The minimum absolute atomic E-state index is 0.0452. The van der Waals surface area contributed by atoms with E-state index in [0.29, 0.717) is 19.5 Å². The number of anilines is 1. The molecule has 30 heavy (non-hydrogen) atoms. The zero-order valence-corrected chi connectivity index (χ0v) is 17.8. The van der Waals surface area contributed by atoms with E-state index in [-0.39, 0.29) is 17.8 Å². The molecular formula is C24H31N5O. The summed E-state index contributed by atoms with van der Waals surface area (Å²) in [4.78, 5) is 24.5. The van der Waals surface area contributed by atoms with E-state index < -0.39 is 6.04 Å². The number of benzodiazepines with no additional fused rings is 1. The molecule has 0 fully saturated rings. The SMILES string of the molecule is CC(C)C1=NC(Cc2ccccc2)C(=O)N(CCCCN=C(N)N)c2ccccc21. The number of nitrogens with zero attached hydrogens (tertiary/aromatic N) is 3. The normalized spacial score (nSPS) is 16.1. The van der Waals surface area contributed by atoms with Gasteiger partial charge < -0.3 is 16.4 Å². The van der Waals surface area contributed by atoms with E-state index >= 15 is 0 Å². The lowest BCUT2D eigenvalue weighted by atomic mass is 9.98. The second kappa shape index (κ2) is 10.1. The maximum absolute atomic E-state index is 13.6. The molecule has 0 saturated heterocycles. The molecule has 1 amide bonds. The molecular weight excluding hydrogens is 374 g/mol. The maximum atomic E-state index is 13.6. The summed E-state index contributed by atoms with van der Waals surface area (Å²) in [6, 6.07) is 17.7. The van der Waals surface area contributed by atoms with Crippen molar-refractivity contribution in [3.8, 4) is 0 Å². The van der Waals surface area contributed by atoms with Gasteiger partial charge in [-0.3, -0.25) is 14.8 Å². The van der Waals surface area contributed by atoms with Crippen molar-refractivity contribution in [3.05, 3.63) is 65.7 Å². The summed E-state index contributed by atoms with van der Waals surface area (Å²) < 4.78 is 0. The van der Waals surface area contributed by atoms with Crippen LogP contribution in [0.4, 0.5) is 5.69 Å². The Morgan fingerprint density at radius 3 is 2.47 bits per heavy atom. The number of guanidine groups is 1. The van der Waals surface area contributed by atoms with Gasteiger partial charge in [-0.15, -0.1) is 0 Å². The zero-order valence-electron chi connectivity index (χ0n) is 17.8. The van der Waals surface area contributed by atoms with E-state index in [1.165, 1.54) is 0 Å². The van der Waals surface area contributed by atoms with Crippen LogP contribution in [0.2, 0.25) is 0 Å². The van der Waals surface area contributed by atoms with E-state index in [4.69, 9.17) is 16.5 Å². The van der Waals surface area contributed by atoms with Crippen LogP contribution in [0.5, 0.6) is 0 Å². The van der Waals surface area contributed by atoms with Gasteiger partial charge in [0.2, 0.25) is 0 Å². The third-order valence-electron chi connectivity index (χ3n) is 5.22. The fraction of sp³-hybridized carbons (Fsp3) is 0.375. The molecule has 2 aromatic carbocycles. The number of unbranched alkanes of at least 4 members (excludes halogenated alkanes) is 1. The minimum Gasteiger partial charge on any atom is -0.370 e. The van der Waals surface area contributed by atoms with Gasteiger partial charge in [0.1, 0.15) is 6.04 Å². The highest BCUT2D eigenvalue weighted by molar-refractivity contribution is 6.13. The van der Waals surface area contributed by atoms with Gasteiger partial charge in [-0.25, -0.2) is 0 Å². The van der Waals surface area contributed by atoms with Crippen molar-refractivity contribution in [2.45, 2.75) is 39.2 Å². The minimum atomic E-state index is -0.435. The van der Waals surface area contributed by atoms with Gasteiger partial charge in [0.15, 0.2) is 5.96 Å². The van der Waals surface area contributed by atoms with Gasteiger partial charge in [0.25, 0.3) is 5.91 Å². The van der Waals surface area contributed by atoms with Gasteiger partial charge in [0.05, 0.1) is 5.69 Å². The predicted molar refractivity (Wildman–Crippen MR) is 124 cm³/mol. The van der Waals surface area contributed by atoms with Gasteiger partial charge in [0, 0.05) is 30.8 Å². The Bertz CT molecular complexity index is 916. The second-order valence-corrected chi connectivity index (χ2v) is 7.90. The van der Waals surface area contributed by atoms with E-state index in [1.54, 1.807) is 0 Å². The van der Waals surface area contributed by atoms with Crippen molar-refractivity contribution in [3.63, 3.8) is 0 Å². The Kier molecular flexibility index (Phi) is 7.22. The number of nitrogens with two attached hydrogens (primary N) is 2. The van der Waals surface area contributed by atoms with Crippen molar-refractivity contribution in [1.82, 2.24) is 0 Å². The van der Waals surface area contributed by atoms with E-state index in [0.717, 1.165) is 35.4 Å². The maximum Gasteiger partial charge on any atom is 0.252 e. The molecule has 0 radical (unpaired) electrons. The van der Waals surface area contributed by atoms with Crippen molar-refractivity contribution in [2.75, 3.05) is 18.0 Å². The molecule has 0 spiro atoms. The Balaban J connectivity index is 1.91. The van der Waals surface area contributed by atoms with E-state index in [1.807, 2.05) is 41.3 Å². The summed E-state index contributed by atoms with van der Waals surface area (Å²) in [6.07, 6.45) is 2.21. The molecule has 0 aromatic heterocycles. The summed E-state index contributed by atoms with van der Waals surface area (Å²) in [5, 5.41) is 0. The smallest absolute Gasteiger partial charge is 0.252 e. The Labute approximate surface area is 178 Å². The molecule has 6 nitrogen and oxygen atoms in total. The summed E-state index contributed by atoms with van der Waals surface area (Å²) in [7, 11) is 0. The molecule has 2 aromatic rings. The molecule has 0 bridgehead atoms. The van der Waals surface area contributed by atoms with Crippen LogP contribution >= 0.6 is 0 Å². The third kappa shape index (κ3) is 5.26. The monoisotopic (exact) mass is 405 g/mol. The largest absolute Gasteiger partial charge is 0.370 e. The van der Waals surface area contributed by atoms with Crippen LogP contribution in [-0.2, 0) is 11.2 Å². The Morgan fingerprint density at radius 2 is 1.77 bits per heavy atom. The fourth-order valence-electron chi connectivity index (χ4n) is 3.77. The molecule has 3 rings (SSSR count). The second-order valence-electron chi connectivity index (χ2n) is 7.90. The van der Waals surface area contributed by atoms with Gasteiger partial charge in [-0.05, 0) is 30.4 Å². The number of hydrogen-bond donors (Lipinski definition) is 2. The van der Waals surface area contributed by atoms with Crippen LogP contribution in [0.15, 0.2) is 64.6 Å². The quantitative estimate of drug-likeness (QED) is 0.401. The molecule has 0 saturated carbocycles. The molecule has 6 heteroatoms. The van der Waals surface area contributed by atoms with Crippen LogP contribution in [-0.4, -0.2) is 36.7 Å². The zero-order chi connectivity index (χ0) is 21.5. The highest BCUT2D eigenvalue weighted by Gasteiger charge is 2.31. The number of carbonyl (C=O) groups is 1.